The third-order valence-corrected chi connectivity index (χ3v) is 5.82. The van der Waals surface area contributed by atoms with Gasteiger partial charge in [0, 0.05) is 37.3 Å². The van der Waals surface area contributed by atoms with Gasteiger partial charge in [0.15, 0.2) is 5.76 Å². The van der Waals surface area contributed by atoms with Crippen molar-refractivity contribution in [1.29, 1.82) is 0 Å². The fourth-order valence-corrected chi connectivity index (χ4v) is 3.97. The number of rotatable bonds is 9. The normalized spacial score (nSPS) is 13.5. The van der Waals surface area contributed by atoms with E-state index in [-0.39, 0.29) is 18.0 Å². The molecule has 0 fully saturated rings. The molecule has 35 heavy (non-hydrogen) atoms. The summed E-state index contributed by atoms with van der Waals surface area (Å²) in [6.07, 6.45) is 2.15. The van der Waals surface area contributed by atoms with Gasteiger partial charge in [0.2, 0.25) is 5.78 Å². The number of Topliss-reactive ketones (excluding diaryl/α,β-unsaturated/α-hetero) is 1. The summed E-state index contributed by atoms with van der Waals surface area (Å²) in [5.74, 6) is 1.19. The van der Waals surface area contributed by atoms with Crippen molar-refractivity contribution in [2.45, 2.75) is 33.6 Å². The average molecular weight is 477 g/mol. The molecule has 4 rings (SSSR count). The van der Waals surface area contributed by atoms with Gasteiger partial charge in [-0.15, -0.1) is 0 Å². The molecule has 0 atom stereocenters. The van der Waals surface area contributed by atoms with Crippen molar-refractivity contribution in [2.24, 2.45) is 0 Å². The quantitative estimate of drug-likeness (QED) is 0.242. The third kappa shape index (κ3) is 5.37. The van der Waals surface area contributed by atoms with Crippen LogP contribution >= 0.6 is 0 Å². The number of esters is 1. The van der Waals surface area contributed by atoms with Crippen molar-refractivity contribution in [1.82, 2.24) is 5.16 Å². The van der Waals surface area contributed by atoms with Gasteiger partial charge < -0.3 is 23.6 Å². The van der Waals surface area contributed by atoms with E-state index in [2.05, 4.69) is 23.9 Å². The number of aryl methyl sites for hydroxylation is 2. The van der Waals surface area contributed by atoms with Crippen LogP contribution in [0, 0.1) is 6.92 Å². The van der Waals surface area contributed by atoms with E-state index in [4.69, 9.17) is 18.7 Å². The first-order chi connectivity index (χ1) is 16.9. The predicted molar refractivity (Wildman–Crippen MR) is 131 cm³/mol. The molecule has 1 aromatic heterocycles. The summed E-state index contributed by atoms with van der Waals surface area (Å²) in [6, 6.07) is 12.8. The number of carbonyl (C=O) groups excluding carboxylic acids is 2. The van der Waals surface area contributed by atoms with Crippen molar-refractivity contribution < 1.29 is 28.3 Å². The van der Waals surface area contributed by atoms with Crippen molar-refractivity contribution in [3.63, 3.8) is 0 Å². The van der Waals surface area contributed by atoms with Crippen molar-refractivity contribution >= 4 is 23.5 Å². The molecule has 1 aliphatic heterocycles. The van der Waals surface area contributed by atoms with E-state index in [9.17, 15) is 9.59 Å². The van der Waals surface area contributed by atoms with Crippen LogP contribution in [0.3, 0.4) is 0 Å². The molecule has 8 nitrogen and oxygen atoms in total. The van der Waals surface area contributed by atoms with Crippen LogP contribution in [-0.2, 0) is 11.2 Å². The zero-order chi connectivity index (χ0) is 24.9. The first-order valence-electron chi connectivity index (χ1n) is 11.6. The molecule has 0 radical (unpaired) electrons. The number of hydrogen-bond donors (Lipinski definition) is 0. The molecule has 0 saturated carbocycles. The minimum Gasteiger partial charge on any atom is -0.479 e. The number of hydrogen-bond acceptors (Lipinski definition) is 8. The maximum Gasteiger partial charge on any atom is 0.311 e. The molecule has 0 saturated heterocycles. The molecule has 3 aromatic rings. The van der Waals surface area contributed by atoms with Gasteiger partial charge in [0.05, 0.1) is 19.1 Å². The predicted octanol–water partition coefficient (Wildman–Crippen LogP) is 4.99. The second-order valence-electron chi connectivity index (χ2n) is 8.13. The number of methoxy groups -OCH3 is 1. The lowest BCUT2D eigenvalue weighted by Gasteiger charge is -2.20. The van der Waals surface area contributed by atoms with Gasteiger partial charge in [-0.1, -0.05) is 12.1 Å². The fourth-order valence-electron chi connectivity index (χ4n) is 3.97. The molecule has 0 N–H and O–H groups in total. The fraction of sp³-hybridized carbons (Fsp3) is 0.296. The van der Waals surface area contributed by atoms with Crippen LogP contribution in [0.1, 0.15) is 47.5 Å². The summed E-state index contributed by atoms with van der Waals surface area (Å²) in [7, 11) is 1.49. The Kier molecular flexibility index (Phi) is 7.19. The molecule has 1 aliphatic rings. The molecule has 182 valence electrons. The molecule has 2 heterocycles. The summed E-state index contributed by atoms with van der Waals surface area (Å²) in [5.41, 5.74) is 3.15. The van der Waals surface area contributed by atoms with Crippen molar-refractivity contribution in [2.75, 3.05) is 25.1 Å². The Morgan fingerprint density at radius 3 is 2.51 bits per heavy atom. The first-order valence-corrected chi connectivity index (χ1v) is 11.6. The number of ether oxygens (including phenoxy) is 3. The van der Waals surface area contributed by atoms with Crippen LogP contribution in [0.15, 0.2) is 52.7 Å². The van der Waals surface area contributed by atoms with Crippen LogP contribution in [0.2, 0.25) is 0 Å². The lowest BCUT2D eigenvalue weighted by molar-refractivity contribution is -0.134. The second-order valence-corrected chi connectivity index (χ2v) is 8.13. The van der Waals surface area contributed by atoms with E-state index in [0.29, 0.717) is 40.7 Å². The summed E-state index contributed by atoms with van der Waals surface area (Å²) < 4.78 is 21.4. The lowest BCUT2D eigenvalue weighted by atomic mass is 10.0. The summed E-state index contributed by atoms with van der Waals surface area (Å²) >= 11 is 0. The van der Waals surface area contributed by atoms with Gasteiger partial charge >= 0.3 is 5.97 Å². The molecule has 0 spiro atoms. The standard InChI is InChI=1S/C27H28N2O6/c1-5-29(6-2)19-9-7-18(8-10-19)14-23-27(31)26-17(3)13-21(15-22(26)34-23)33-25(30)12-11-20-16-24(32-4)28-35-20/h7-10,13-16H,5-6,11-12H2,1-4H3/b23-14-. The average Bonchev–Trinajstić information content (AvgIpc) is 3.44. The van der Waals surface area contributed by atoms with Gasteiger partial charge in [0.25, 0.3) is 5.88 Å². The Balaban J connectivity index is 1.44. The number of nitrogens with zero attached hydrogens (tertiary/aromatic N) is 2. The van der Waals surface area contributed by atoms with E-state index < -0.39 is 5.97 Å². The van der Waals surface area contributed by atoms with E-state index >= 15 is 0 Å². The van der Waals surface area contributed by atoms with Crippen LogP contribution < -0.4 is 19.1 Å². The van der Waals surface area contributed by atoms with Gasteiger partial charge in [-0.25, -0.2) is 0 Å². The van der Waals surface area contributed by atoms with Crippen LogP contribution in [0.4, 0.5) is 5.69 Å². The molecule has 0 amide bonds. The number of ketones is 1. The monoisotopic (exact) mass is 476 g/mol. The SMILES string of the molecule is CCN(CC)c1ccc(/C=C2\Oc3cc(OC(=O)CCc4cc(OC)no4)cc(C)c3C2=O)cc1. The summed E-state index contributed by atoms with van der Waals surface area (Å²) in [4.78, 5) is 27.5. The van der Waals surface area contributed by atoms with E-state index in [0.717, 1.165) is 24.3 Å². The number of aromatic nitrogens is 1. The number of allylic oxidation sites excluding steroid dienone is 1. The zero-order valence-corrected chi connectivity index (χ0v) is 20.3. The molecular formula is C27H28N2O6. The van der Waals surface area contributed by atoms with Crippen LogP contribution in [0.25, 0.3) is 6.08 Å². The molecule has 0 unspecified atom stereocenters. The summed E-state index contributed by atoms with van der Waals surface area (Å²) in [6.45, 7) is 7.87. The number of carbonyl (C=O) groups is 2. The Hall–Kier alpha value is -4.07. The minimum absolute atomic E-state index is 0.100. The minimum atomic E-state index is -0.437. The van der Waals surface area contributed by atoms with Crippen molar-refractivity contribution in [3.05, 3.63) is 70.7 Å². The van der Waals surface area contributed by atoms with Gasteiger partial charge in [-0.05, 0) is 61.3 Å². The zero-order valence-electron chi connectivity index (χ0n) is 20.3. The Morgan fingerprint density at radius 1 is 1.11 bits per heavy atom. The number of fused-ring (bicyclic) bond motifs is 1. The maximum atomic E-state index is 13.0. The van der Waals surface area contributed by atoms with Gasteiger partial charge in [-0.3, -0.25) is 9.59 Å². The molecule has 0 aliphatic carbocycles. The third-order valence-electron chi connectivity index (χ3n) is 5.82. The Labute approximate surface area is 204 Å². The lowest BCUT2D eigenvalue weighted by Crippen LogP contribution is -2.21. The Morgan fingerprint density at radius 2 is 1.86 bits per heavy atom. The highest BCUT2D eigenvalue weighted by Crippen LogP contribution is 2.37. The largest absolute Gasteiger partial charge is 0.479 e. The molecule has 2 aromatic carbocycles. The maximum absolute atomic E-state index is 13.0. The van der Waals surface area contributed by atoms with E-state index in [1.165, 1.54) is 7.11 Å². The van der Waals surface area contributed by atoms with Crippen molar-refractivity contribution in [3.8, 4) is 17.4 Å². The van der Waals surface area contributed by atoms with E-state index in [1.54, 1.807) is 31.2 Å². The highest BCUT2D eigenvalue weighted by atomic mass is 16.5. The highest BCUT2D eigenvalue weighted by Gasteiger charge is 2.30. The molecular weight excluding hydrogens is 448 g/mol. The Bertz CT molecular complexity index is 1260. The smallest absolute Gasteiger partial charge is 0.311 e. The van der Waals surface area contributed by atoms with E-state index in [1.807, 2.05) is 24.3 Å². The first kappa shape index (κ1) is 24.1. The summed E-state index contributed by atoms with van der Waals surface area (Å²) in [5, 5.41) is 3.71. The van der Waals surface area contributed by atoms with Gasteiger partial charge in [-0.2, -0.15) is 0 Å². The second kappa shape index (κ2) is 10.5. The van der Waals surface area contributed by atoms with Gasteiger partial charge in [0.1, 0.15) is 17.3 Å². The topological polar surface area (TPSA) is 91.1 Å². The molecule has 0 bridgehead atoms. The van der Waals surface area contributed by atoms with Crippen LogP contribution in [0.5, 0.6) is 17.4 Å². The number of anilines is 1. The highest BCUT2D eigenvalue weighted by molar-refractivity contribution is 6.15. The molecule has 8 heteroatoms. The number of benzene rings is 2. The van der Waals surface area contributed by atoms with Crippen LogP contribution in [-0.4, -0.2) is 37.1 Å².